The quantitative estimate of drug-likeness (QED) is 0.916. The summed E-state index contributed by atoms with van der Waals surface area (Å²) in [6.07, 6.45) is 1.67. The number of pyridine rings is 2. The second-order valence-electron chi connectivity index (χ2n) is 4.74. The highest BCUT2D eigenvalue weighted by Crippen LogP contribution is 2.15. The second-order valence-corrected chi connectivity index (χ2v) is 4.74. The van der Waals surface area contributed by atoms with E-state index in [9.17, 15) is 4.79 Å². The second kappa shape index (κ2) is 6.83. The lowest BCUT2D eigenvalue weighted by Crippen LogP contribution is -2.31. The summed E-state index contributed by atoms with van der Waals surface area (Å²) in [7, 11) is 1.76. The lowest BCUT2D eigenvalue weighted by molar-refractivity contribution is 0.0751. The molecular formula is C16H20N4O. The molecular weight excluding hydrogens is 264 g/mol. The molecule has 2 aromatic heterocycles. The molecule has 0 spiro atoms. The Morgan fingerprint density at radius 3 is 2.76 bits per heavy atom. The number of rotatable bonds is 5. The largest absolute Gasteiger partial charge is 0.372 e. The third-order valence-corrected chi connectivity index (χ3v) is 3.24. The van der Waals surface area contributed by atoms with E-state index >= 15 is 0 Å². The zero-order valence-corrected chi connectivity index (χ0v) is 12.6. The average Bonchev–Trinajstić information content (AvgIpc) is 2.52. The summed E-state index contributed by atoms with van der Waals surface area (Å²) in [6.45, 7) is 5.02. The number of carbonyl (C=O) groups excluding carboxylic acids is 1. The Hall–Kier alpha value is -2.43. The molecule has 5 heteroatoms. The molecule has 0 fully saturated rings. The molecule has 1 amide bonds. The zero-order valence-electron chi connectivity index (χ0n) is 12.6. The molecule has 2 heterocycles. The van der Waals surface area contributed by atoms with Crippen LogP contribution in [0, 0.1) is 6.92 Å². The number of hydrogen-bond donors (Lipinski definition) is 1. The summed E-state index contributed by atoms with van der Waals surface area (Å²) < 4.78 is 0. The van der Waals surface area contributed by atoms with E-state index in [1.165, 1.54) is 0 Å². The molecule has 5 nitrogen and oxygen atoms in total. The molecule has 0 saturated carbocycles. The topological polar surface area (TPSA) is 58.1 Å². The maximum atomic E-state index is 12.7. The highest BCUT2D eigenvalue weighted by molar-refractivity contribution is 5.98. The van der Waals surface area contributed by atoms with Crippen LogP contribution in [0.2, 0.25) is 0 Å². The van der Waals surface area contributed by atoms with Crippen LogP contribution in [0.1, 0.15) is 28.7 Å². The number of nitrogens with zero attached hydrogens (tertiary/aromatic N) is 3. The maximum absolute atomic E-state index is 12.7. The summed E-state index contributed by atoms with van der Waals surface area (Å²) in [5.41, 5.74) is 2.42. The summed E-state index contributed by atoms with van der Waals surface area (Å²) >= 11 is 0. The van der Waals surface area contributed by atoms with Crippen molar-refractivity contribution in [1.82, 2.24) is 14.9 Å². The van der Waals surface area contributed by atoms with Crippen LogP contribution in [0.4, 0.5) is 5.82 Å². The Bertz CT molecular complexity index is 627. The van der Waals surface area contributed by atoms with Crippen molar-refractivity contribution in [1.29, 1.82) is 0 Å². The van der Waals surface area contributed by atoms with E-state index in [1.54, 1.807) is 30.3 Å². The monoisotopic (exact) mass is 284 g/mol. The van der Waals surface area contributed by atoms with Gasteiger partial charge in [-0.05, 0) is 38.1 Å². The van der Waals surface area contributed by atoms with Crippen LogP contribution in [0.3, 0.4) is 0 Å². The zero-order chi connectivity index (χ0) is 15.2. The minimum absolute atomic E-state index is 0.0433. The number of anilines is 1. The standard InChI is InChI=1S/C16H20N4O/c1-4-20(11-13-8-5-7-12(2)19-13)16(21)14-9-6-10-18-15(14)17-3/h5-10H,4,11H2,1-3H3,(H,17,18). The Kier molecular flexibility index (Phi) is 4.87. The average molecular weight is 284 g/mol. The maximum Gasteiger partial charge on any atom is 0.257 e. The van der Waals surface area contributed by atoms with Crippen molar-refractivity contribution in [2.45, 2.75) is 20.4 Å². The fourth-order valence-corrected chi connectivity index (χ4v) is 2.16. The van der Waals surface area contributed by atoms with Crippen molar-refractivity contribution in [3.8, 4) is 0 Å². The number of aryl methyl sites for hydroxylation is 1. The van der Waals surface area contributed by atoms with E-state index in [0.717, 1.165) is 11.4 Å². The summed E-state index contributed by atoms with van der Waals surface area (Å²) in [5.74, 6) is 0.552. The lowest BCUT2D eigenvalue weighted by Gasteiger charge is -2.21. The van der Waals surface area contributed by atoms with E-state index in [2.05, 4.69) is 15.3 Å². The highest BCUT2D eigenvalue weighted by atomic mass is 16.2. The van der Waals surface area contributed by atoms with Gasteiger partial charge in [-0.25, -0.2) is 4.98 Å². The number of nitrogens with one attached hydrogen (secondary N) is 1. The smallest absolute Gasteiger partial charge is 0.257 e. The molecule has 110 valence electrons. The van der Waals surface area contributed by atoms with Crippen molar-refractivity contribution in [3.05, 3.63) is 53.5 Å². The van der Waals surface area contributed by atoms with Crippen LogP contribution in [-0.4, -0.2) is 34.4 Å². The molecule has 0 aliphatic rings. The molecule has 0 bridgehead atoms. The first kappa shape index (κ1) is 15.0. The van der Waals surface area contributed by atoms with E-state index < -0.39 is 0 Å². The summed E-state index contributed by atoms with van der Waals surface area (Å²) in [6, 6.07) is 9.40. The van der Waals surface area contributed by atoms with Crippen LogP contribution >= 0.6 is 0 Å². The molecule has 0 aliphatic heterocycles. The highest BCUT2D eigenvalue weighted by Gasteiger charge is 2.18. The molecule has 0 radical (unpaired) electrons. The Balaban J connectivity index is 2.22. The van der Waals surface area contributed by atoms with E-state index in [0.29, 0.717) is 24.5 Å². The normalized spacial score (nSPS) is 10.2. The number of hydrogen-bond acceptors (Lipinski definition) is 4. The molecule has 2 rings (SSSR count). The first-order valence-electron chi connectivity index (χ1n) is 7.00. The van der Waals surface area contributed by atoms with Crippen LogP contribution in [-0.2, 0) is 6.54 Å². The third-order valence-electron chi connectivity index (χ3n) is 3.24. The number of carbonyl (C=O) groups is 1. The van der Waals surface area contributed by atoms with Crippen LogP contribution in [0.15, 0.2) is 36.5 Å². The molecule has 0 atom stereocenters. The molecule has 0 aromatic carbocycles. The Morgan fingerprint density at radius 2 is 2.10 bits per heavy atom. The van der Waals surface area contributed by atoms with Crippen molar-refractivity contribution in [2.75, 3.05) is 18.9 Å². The fraction of sp³-hybridized carbons (Fsp3) is 0.312. The van der Waals surface area contributed by atoms with E-state index in [1.807, 2.05) is 32.0 Å². The fourth-order valence-electron chi connectivity index (χ4n) is 2.16. The van der Waals surface area contributed by atoms with Crippen molar-refractivity contribution < 1.29 is 4.79 Å². The van der Waals surface area contributed by atoms with Crippen LogP contribution in [0.25, 0.3) is 0 Å². The van der Waals surface area contributed by atoms with Crippen LogP contribution < -0.4 is 5.32 Å². The number of aromatic nitrogens is 2. The lowest BCUT2D eigenvalue weighted by atomic mass is 10.2. The minimum Gasteiger partial charge on any atom is -0.372 e. The first-order chi connectivity index (χ1) is 10.2. The van der Waals surface area contributed by atoms with Gasteiger partial charge in [0, 0.05) is 25.5 Å². The van der Waals surface area contributed by atoms with E-state index in [4.69, 9.17) is 0 Å². The predicted molar refractivity (Wildman–Crippen MR) is 83.2 cm³/mol. The molecule has 21 heavy (non-hydrogen) atoms. The van der Waals surface area contributed by atoms with Crippen molar-refractivity contribution in [3.63, 3.8) is 0 Å². The van der Waals surface area contributed by atoms with Crippen molar-refractivity contribution in [2.24, 2.45) is 0 Å². The van der Waals surface area contributed by atoms with Gasteiger partial charge in [-0.15, -0.1) is 0 Å². The predicted octanol–water partition coefficient (Wildman–Crippen LogP) is 2.49. The van der Waals surface area contributed by atoms with E-state index in [-0.39, 0.29) is 5.91 Å². The van der Waals surface area contributed by atoms with Gasteiger partial charge in [0.1, 0.15) is 5.82 Å². The minimum atomic E-state index is -0.0433. The van der Waals surface area contributed by atoms with Gasteiger partial charge < -0.3 is 10.2 Å². The van der Waals surface area contributed by atoms with Gasteiger partial charge >= 0.3 is 0 Å². The summed E-state index contributed by atoms with van der Waals surface area (Å²) in [4.78, 5) is 23.1. The van der Waals surface area contributed by atoms with Crippen LogP contribution in [0.5, 0.6) is 0 Å². The van der Waals surface area contributed by atoms with Crippen molar-refractivity contribution >= 4 is 11.7 Å². The SMILES string of the molecule is CCN(Cc1cccc(C)n1)C(=O)c1cccnc1NC. The molecule has 0 unspecified atom stereocenters. The molecule has 2 aromatic rings. The molecule has 0 aliphatic carbocycles. The van der Waals surface area contributed by atoms with Gasteiger partial charge in [0.05, 0.1) is 17.8 Å². The Labute approximate surface area is 125 Å². The van der Waals surface area contributed by atoms with Gasteiger partial charge in [0.15, 0.2) is 0 Å². The Morgan fingerprint density at radius 1 is 1.29 bits per heavy atom. The van der Waals surface area contributed by atoms with Gasteiger partial charge in [-0.3, -0.25) is 9.78 Å². The van der Waals surface area contributed by atoms with Gasteiger partial charge in [-0.1, -0.05) is 6.07 Å². The van der Waals surface area contributed by atoms with Gasteiger partial charge in [0.25, 0.3) is 5.91 Å². The number of amides is 1. The molecule has 0 saturated heterocycles. The van der Waals surface area contributed by atoms with Gasteiger partial charge in [0.2, 0.25) is 0 Å². The van der Waals surface area contributed by atoms with Gasteiger partial charge in [-0.2, -0.15) is 0 Å². The first-order valence-corrected chi connectivity index (χ1v) is 7.00. The molecule has 1 N–H and O–H groups in total. The summed E-state index contributed by atoms with van der Waals surface area (Å²) in [5, 5.41) is 2.95. The third kappa shape index (κ3) is 3.56.